The zero-order chi connectivity index (χ0) is 9.90. The van der Waals surface area contributed by atoms with Crippen LogP contribution in [0.2, 0.25) is 0 Å². The molecule has 0 fully saturated rings. The standard InChI is InChI=1S/C7H7F2NO3/c8-6(9)13-7(5(11)12)3-1-2-4-10-7/h1-4,6,10H,(H,11,12). The van der Waals surface area contributed by atoms with Gasteiger partial charge in [0, 0.05) is 0 Å². The summed E-state index contributed by atoms with van der Waals surface area (Å²) in [5, 5.41) is 10.8. The van der Waals surface area contributed by atoms with Crippen molar-refractivity contribution in [1.82, 2.24) is 5.32 Å². The molecule has 6 heteroatoms. The zero-order valence-corrected chi connectivity index (χ0v) is 6.41. The lowest BCUT2D eigenvalue weighted by atomic mass is 10.1. The van der Waals surface area contributed by atoms with Crippen molar-refractivity contribution in [2.45, 2.75) is 12.3 Å². The highest BCUT2D eigenvalue weighted by molar-refractivity contribution is 5.80. The third-order valence-corrected chi connectivity index (χ3v) is 1.43. The zero-order valence-electron chi connectivity index (χ0n) is 6.41. The molecule has 2 N–H and O–H groups in total. The van der Waals surface area contributed by atoms with Gasteiger partial charge >= 0.3 is 12.6 Å². The van der Waals surface area contributed by atoms with E-state index < -0.39 is 18.3 Å². The summed E-state index contributed by atoms with van der Waals surface area (Å²) in [5.74, 6) is -1.52. The molecular weight excluding hydrogens is 184 g/mol. The number of ether oxygens (including phenoxy) is 1. The second-order valence-corrected chi connectivity index (χ2v) is 2.28. The average molecular weight is 191 g/mol. The molecule has 0 bridgehead atoms. The minimum atomic E-state index is -3.15. The van der Waals surface area contributed by atoms with Crippen LogP contribution in [-0.2, 0) is 9.53 Å². The highest BCUT2D eigenvalue weighted by Gasteiger charge is 2.39. The van der Waals surface area contributed by atoms with Crippen molar-refractivity contribution in [3.05, 3.63) is 24.4 Å². The summed E-state index contributed by atoms with van der Waals surface area (Å²) in [4.78, 5) is 10.6. The molecule has 1 aliphatic heterocycles. The summed E-state index contributed by atoms with van der Waals surface area (Å²) in [6, 6.07) is 0. The number of hydrogen-bond acceptors (Lipinski definition) is 3. The molecule has 0 amide bonds. The molecule has 0 saturated carbocycles. The van der Waals surface area contributed by atoms with Crippen LogP contribution in [0.15, 0.2) is 24.4 Å². The van der Waals surface area contributed by atoms with Gasteiger partial charge in [-0.25, -0.2) is 4.79 Å². The van der Waals surface area contributed by atoms with Crippen molar-refractivity contribution in [3.8, 4) is 0 Å². The Balaban J connectivity index is 2.82. The van der Waals surface area contributed by atoms with E-state index in [-0.39, 0.29) is 0 Å². The third-order valence-electron chi connectivity index (χ3n) is 1.43. The Hall–Kier alpha value is -1.43. The van der Waals surface area contributed by atoms with Gasteiger partial charge in [-0.3, -0.25) is 4.74 Å². The predicted molar refractivity (Wildman–Crippen MR) is 38.9 cm³/mol. The Morgan fingerprint density at radius 2 is 2.23 bits per heavy atom. The van der Waals surface area contributed by atoms with Crippen LogP contribution in [0.25, 0.3) is 0 Å². The van der Waals surface area contributed by atoms with Crippen LogP contribution in [0.4, 0.5) is 8.78 Å². The van der Waals surface area contributed by atoms with Crippen molar-refractivity contribution in [2.24, 2.45) is 0 Å². The Kier molecular flexibility index (Phi) is 2.62. The largest absolute Gasteiger partial charge is 0.477 e. The molecule has 1 heterocycles. The van der Waals surface area contributed by atoms with Gasteiger partial charge < -0.3 is 10.4 Å². The van der Waals surface area contributed by atoms with Gasteiger partial charge in [-0.1, -0.05) is 6.08 Å². The van der Waals surface area contributed by atoms with Gasteiger partial charge in [-0.2, -0.15) is 8.78 Å². The summed E-state index contributed by atoms with van der Waals surface area (Å²) in [7, 11) is 0. The Morgan fingerprint density at radius 1 is 1.54 bits per heavy atom. The number of rotatable bonds is 3. The maximum atomic E-state index is 11.8. The van der Waals surface area contributed by atoms with Gasteiger partial charge in [0.05, 0.1) is 0 Å². The van der Waals surface area contributed by atoms with Gasteiger partial charge in [-0.15, -0.1) is 0 Å². The van der Waals surface area contributed by atoms with Crippen LogP contribution in [-0.4, -0.2) is 23.4 Å². The molecule has 0 saturated heterocycles. The number of aliphatic carboxylic acids is 1. The monoisotopic (exact) mass is 191 g/mol. The number of nitrogens with one attached hydrogen (secondary N) is 1. The number of carboxylic acids is 1. The molecule has 1 aliphatic rings. The molecule has 1 rings (SSSR count). The van der Waals surface area contributed by atoms with E-state index in [1.807, 2.05) is 0 Å². The van der Waals surface area contributed by atoms with Gasteiger partial charge in [0.15, 0.2) is 0 Å². The highest BCUT2D eigenvalue weighted by atomic mass is 19.3. The lowest BCUT2D eigenvalue weighted by molar-refractivity contribution is -0.213. The molecule has 13 heavy (non-hydrogen) atoms. The van der Waals surface area contributed by atoms with E-state index >= 15 is 0 Å². The van der Waals surface area contributed by atoms with Gasteiger partial charge in [0.2, 0.25) is 0 Å². The molecule has 1 unspecified atom stereocenters. The van der Waals surface area contributed by atoms with Crippen LogP contribution in [0.1, 0.15) is 0 Å². The van der Waals surface area contributed by atoms with E-state index in [1.54, 1.807) is 0 Å². The van der Waals surface area contributed by atoms with Crippen LogP contribution < -0.4 is 5.32 Å². The molecule has 0 aliphatic carbocycles. The molecule has 0 aromatic rings. The highest BCUT2D eigenvalue weighted by Crippen LogP contribution is 2.17. The predicted octanol–water partition coefficient (Wildman–Crippen LogP) is 0.680. The minimum absolute atomic E-state index is 1.00. The van der Waals surface area contributed by atoms with Crippen molar-refractivity contribution in [2.75, 3.05) is 0 Å². The number of hydrogen-bond donors (Lipinski definition) is 2. The molecule has 1 atom stereocenters. The SMILES string of the molecule is O=C(O)C1(OC(F)F)C=CC=CN1. The summed E-state index contributed by atoms with van der Waals surface area (Å²) >= 11 is 0. The lowest BCUT2D eigenvalue weighted by Crippen LogP contribution is -2.52. The number of carbonyl (C=O) groups is 1. The first-order valence-corrected chi connectivity index (χ1v) is 3.38. The molecule has 0 spiro atoms. The fourth-order valence-corrected chi connectivity index (χ4v) is 0.864. The maximum Gasteiger partial charge on any atom is 0.361 e. The van der Waals surface area contributed by atoms with E-state index in [0.717, 1.165) is 6.08 Å². The van der Waals surface area contributed by atoms with Crippen molar-refractivity contribution in [1.29, 1.82) is 0 Å². The summed E-state index contributed by atoms with van der Waals surface area (Å²) < 4.78 is 27.6. The van der Waals surface area contributed by atoms with Crippen molar-refractivity contribution in [3.63, 3.8) is 0 Å². The van der Waals surface area contributed by atoms with E-state index in [1.165, 1.54) is 18.4 Å². The molecule has 0 radical (unpaired) electrons. The summed E-state index contributed by atoms with van der Waals surface area (Å²) in [5.41, 5.74) is -2.15. The minimum Gasteiger partial charge on any atom is -0.477 e. The fourth-order valence-electron chi connectivity index (χ4n) is 0.864. The van der Waals surface area contributed by atoms with Crippen LogP contribution in [0.5, 0.6) is 0 Å². The van der Waals surface area contributed by atoms with E-state index in [2.05, 4.69) is 10.1 Å². The molecule has 72 valence electrons. The summed E-state index contributed by atoms with van der Waals surface area (Å²) in [6.45, 7) is -3.15. The topological polar surface area (TPSA) is 58.6 Å². The Labute approximate surface area is 72.5 Å². The Morgan fingerprint density at radius 3 is 2.62 bits per heavy atom. The van der Waals surface area contributed by atoms with Crippen LogP contribution in [0, 0.1) is 0 Å². The first-order valence-electron chi connectivity index (χ1n) is 3.38. The normalized spacial score (nSPS) is 26.1. The number of alkyl halides is 2. The van der Waals surface area contributed by atoms with E-state index in [9.17, 15) is 13.6 Å². The first-order chi connectivity index (χ1) is 6.07. The van der Waals surface area contributed by atoms with Gasteiger partial charge in [-0.05, 0) is 18.4 Å². The fraction of sp³-hybridized carbons (Fsp3) is 0.286. The van der Waals surface area contributed by atoms with Crippen LogP contribution in [0.3, 0.4) is 0 Å². The van der Waals surface area contributed by atoms with E-state index in [0.29, 0.717) is 0 Å². The quantitative estimate of drug-likeness (QED) is 0.688. The smallest absolute Gasteiger partial charge is 0.361 e. The second kappa shape index (κ2) is 3.53. The van der Waals surface area contributed by atoms with E-state index in [4.69, 9.17) is 5.11 Å². The second-order valence-electron chi connectivity index (χ2n) is 2.28. The Bertz CT molecular complexity index is 264. The molecular formula is C7H7F2NO3. The first kappa shape index (κ1) is 9.66. The van der Waals surface area contributed by atoms with Crippen LogP contribution >= 0.6 is 0 Å². The third kappa shape index (κ3) is 2.03. The van der Waals surface area contributed by atoms with Gasteiger partial charge in [0.1, 0.15) is 0 Å². The van der Waals surface area contributed by atoms with Crippen molar-refractivity contribution < 1.29 is 23.4 Å². The summed E-state index contributed by atoms with van der Waals surface area (Å²) in [6.07, 6.45) is 5.00. The van der Waals surface area contributed by atoms with Gasteiger partial charge in [0.25, 0.3) is 5.72 Å². The maximum absolute atomic E-state index is 11.8. The number of halogens is 2. The number of carboxylic acid groups (broad SMARTS) is 1. The molecule has 4 nitrogen and oxygen atoms in total. The molecule has 0 aromatic carbocycles. The average Bonchev–Trinajstić information content (AvgIpc) is 2.04. The number of dihydropyridines is 1. The molecule has 0 aromatic heterocycles. The number of allylic oxidation sites excluding steroid dienone is 2. The van der Waals surface area contributed by atoms with Crippen molar-refractivity contribution >= 4 is 5.97 Å². The lowest BCUT2D eigenvalue weighted by Gasteiger charge is -2.27.